The van der Waals surface area contributed by atoms with Crippen molar-refractivity contribution in [1.82, 2.24) is 10.6 Å². The Morgan fingerprint density at radius 3 is 2.89 bits per heavy atom. The van der Waals surface area contributed by atoms with Gasteiger partial charge in [-0.05, 0) is 41.0 Å². The maximum atomic E-state index is 13.6. The largest absolute Gasteiger partial charge is 0.348 e. The van der Waals surface area contributed by atoms with E-state index in [1.54, 1.807) is 0 Å². The molecule has 0 radical (unpaired) electrons. The van der Waals surface area contributed by atoms with E-state index in [4.69, 9.17) is 11.6 Å². The standard InChI is InChI=1S/C11H11BrClFN2O.ClH/c12-8-4-10(14)7(3-9(8)13)11(17)16-6-1-2-15-5-6;/h3-4,6,15H,1-2,5H2,(H,16,17);1H/t6-;/m0./s1. The number of hydrogen-bond acceptors (Lipinski definition) is 2. The van der Waals surface area contributed by atoms with Crippen LogP contribution in [-0.2, 0) is 0 Å². The van der Waals surface area contributed by atoms with Gasteiger partial charge in [0, 0.05) is 17.1 Å². The second-order valence-corrected chi connectivity index (χ2v) is 5.17. The van der Waals surface area contributed by atoms with Crippen LogP contribution in [-0.4, -0.2) is 25.0 Å². The van der Waals surface area contributed by atoms with Gasteiger partial charge in [0.25, 0.3) is 5.91 Å². The van der Waals surface area contributed by atoms with Crippen LogP contribution in [0.3, 0.4) is 0 Å². The number of benzene rings is 1. The van der Waals surface area contributed by atoms with Crippen molar-refractivity contribution in [2.45, 2.75) is 12.5 Å². The van der Waals surface area contributed by atoms with Gasteiger partial charge in [-0.1, -0.05) is 11.6 Å². The van der Waals surface area contributed by atoms with Crippen molar-refractivity contribution in [2.75, 3.05) is 13.1 Å². The quantitative estimate of drug-likeness (QED) is 0.799. The third-order valence-corrected chi connectivity index (χ3v) is 3.85. The fourth-order valence-corrected chi connectivity index (χ4v) is 2.22. The molecule has 2 N–H and O–H groups in total. The van der Waals surface area contributed by atoms with Crippen LogP contribution in [0.2, 0.25) is 5.02 Å². The molecule has 1 fully saturated rings. The molecule has 0 spiro atoms. The first kappa shape index (κ1) is 15.7. The van der Waals surface area contributed by atoms with E-state index in [1.807, 2.05) is 0 Å². The van der Waals surface area contributed by atoms with Crippen molar-refractivity contribution in [2.24, 2.45) is 0 Å². The van der Waals surface area contributed by atoms with Crippen LogP contribution in [0.15, 0.2) is 16.6 Å². The lowest BCUT2D eigenvalue weighted by atomic mass is 10.1. The van der Waals surface area contributed by atoms with Crippen molar-refractivity contribution in [3.8, 4) is 0 Å². The van der Waals surface area contributed by atoms with Crippen LogP contribution in [0.1, 0.15) is 16.8 Å². The Morgan fingerprint density at radius 1 is 1.56 bits per heavy atom. The lowest BCUT2D eigenvalue weighted by molar-refractivity contribution is 0.0936. The van der Waals surface area contributed by atoms with Crippen molar-refractivity contribution in [3.63, 3.8) is 0 Å². The van der Waals surface area contributed by atoms with Crippen molar-refractivity contribution in [1.29, 1.82) is 0 Å². The van der Waals surface area contributed by atoms with E-state index in [9.17, 15) is 9.18 Å². The lowest BCUT2D eigenvalue weighted by Gasteiger charge is -2.12. The summed E-state index contributed by atoms with van der Waals surface area (Å²) in [6.45, 7) is 1.59. The summed E-state index contributed by atoms with van der Waals surface area (Å²) >= 11 is 8.94. The Bertz CT molecular complexity index is 453. The Kier molecular flexibility index (Phi) is 5.85. The van der Waals surface area contributed by atoms with E-state index in [1.165, 1.54) is 12.1 Å². The molecule has 0 bridgehead atoms. The molecule has 1 amide bonds. The van der Waals surface area contributed by atoms with E-state index >= 15 is 0 Å². The maximum Gasteiger partial charge on any atom is 0.254 e. The van der Waals surface area contributed by atoms with Gasteiger partial charge in [-0.3, -0.25) is 4.79 Å². The molecule has 3 nitrogen and oxygen atoms in total. The van der Waals surface area contributed by atoms with E-state index in [0.29, 0.717) is 9.50 Å². The van der Waals surface area contributed by atoms with Crippen LogP contribution < -0.4 is 10.6 Å². The minimum Gasteiger partial charge on any atom is -0.348 e. The fourth-order valence-electron chi connectivity index (χ4n) is 1.74. The summed E-state index contributed by atoms with van der Waals surface area (Å²) in [5, 5.41) is 6.21. The van der Waals surface area contributed by atoms with Crippen LogP contribution in [0.5, 0.6) is 0 Å². The Hall–Kier alpha value is -0.360. The average molecular weight is 358 g/mol. The number of nitrogens with one attached hydrogen (secondary N) is 2. The van der Waals surface area contributed by atoms with E-state index < -0.39 is 11.7 Å². The van der Waals surface area contributed by atoms with Crippen LogP contribution in [0, 0.1) is 5.82 Å². The molecule has 18 heavy (non-hydrogen) atoms. The van der Waals surface area contributed by atoms with Gasteiger partial charge in [-0.25, -0.2) is 4.39 Å². The second kappa shape index (κ2) is 6.70. The monoisotopic (exact) mass is 356 g/mol. The first-order valence-electron chi connectivity index (χ1n) is 5.24. The molecule has 1 aromatic carbocycles. The fraction of sp³-hybridized carbons (Fsp3) is 0.364. The first-order chi connectivity index (χ1) is 8.08. The molecule has 2 rings (SSSR count). The van der Waals surface area contributed by atoms with Crippen molar-refractivity contribution < 1.29 is 9.18 Å². The highest BCUT2D eigenvalue weighted by molar-refractivity contribution is 9.10. The predicted octanol–water partition coefficient (Wildman–Crippen LogP) is 2.76. The van der Waals surface area contributed by atoms with Gasteiger partial charge in [-0.15, -0.1) is 12.4 Å². The molecular formula is C11H12BrCl2FN2O. The van der Waals surface area contributed by atoms with Crippen LogP contribution in [0.4, 0.5) is 4.39 Å². The van der Waals surface area contributed by atoms with E-state index in [2.05, 4.69) is 26.6 Å². The molecule has 1 heterocycles. The molecular weight excluding hydrogens is 346 g/mol. The third kappa shape index (κ3) is 3.57. The second-order valence-electron chi connectivity index (χ2n) is 3.91. The summed E-state index contributed by atoms with van der Waals surface area (Å²) in [5.41, 5.74) is -0.0231. The molecule has 1 saturated heterocycles. The van der Waals surface area contributed by atoms with Gasteiger partial charge in [0.2, 0.25) is 0 Å². The molecule has 1 aromatic rings. The molecule has 1 aliphatic rings. The van der Waals surface area contributed by atoms with Gasteiger partial charge < -0.3 is 10.6 Å². The predicted molar refractivity (Wildman–Crippen MR) is 75.1 cm³/mol. The molecule has 0 saturated carbocycles. The third-order valence-electron chi connectivity index (χ3n) is 2.65. The molecule has 0 aliphatic carbocycles. The number of carbonyl (C=O) groups is 1. The minimum absolute atomic E-state index is 0. The average Bonchev–Trinajstić information content (AvgIpc) is 2.76. The number of amides is 1. The van der Waals surface area contributed by atoms with Gasteiger partial charge in [0.1, 0.15) is 5.82 Å². The topological polar surface area (TPSA) is 41.1 Å². The Balaban J connectivity index is 0.00000162. The van der Waals surface area contributed by atoms with Crippen LogP contribution in [0.25, 0.3) is 0 Å². The molecule has 0 unspecified atom stereocenters. The summed E-state index contributed by atoms with van der Waals surface area (Å²) in [4.78, 5) is 11.8. The highest BCUT2D eigenvalue weighted by Gasteiger charge is 2.20. The number of hydrogen-bond donors (Lipinski definition) is 2. The minimum atomic E-state index is -0.579. The lowest BCUT2D eigenvalue weighted by Crippen LogP contribution is -2.36. The molecule has 7 heteroatoms. The van der Waals surface area contributed by atoms with Gasteiger partial charge in [0.05, 0.1) is 10.6 Å². The summed E-state index contributed by atoms with van der Waals surface area (Å²) in [7, 11) is 0. The van der Waals surface area contributed by atoms with E-state index in [-0.39, 0.29) is 24.0 Å². The summed E-state index contributed by atoms with van der Waals surface area (Å²) < 4.78 is 14.0. The summed E-state index contributed by atoms with van der Waals surface area (Å²) in [6, 6.07) is 2.59. The highest BCUT2D eigenvalue weighted by Crippen LogP contribution is 2.25. The maximum absolute atomic E-state index is 13.6. The molecule has 0 aromatic heterocycles. The normalized spacial score (nSPS) is 18.3. The Labute approximate surface area is 124 Å². The van der Waals surface area contributed by atoms with Crippen LogP contribution >= 0.6 is 39.9 Å². The molecule has 1 atom stereocenters. The first-order valence-corrected chi connectivity index (χ1v) is 6.41. The number of rotatable bonds is 2. The van der Waals surface area contributed by atoms with Gasteiger partial charge >= 0.3 is 0 Å². The zero-order chi connectivity index (χ0) is 12.4. The van der Waals surface area contributed by atoms with Crippen molar-refractivity contribution >= 4 is 45.8 Å². The summed E-state index contributed by atoms with van der Waals surface area (Å²) in [5.74, 6) is -1.00. The highest BCUT2D eigenvalue weighted by atomic mass is 79.9. The summed E-state index contributed by atoms with van der Waals surface area (Å²) in [6.07, 6.45) is 0.859. The SMILES string of the molecule is Cl.O=C(N[C@H]1CCNC1)c1cc(Cl)c(Br)cc1F. The van der Waals surface area contributed by atoms with Gasteiger partial charge in [-0.2, -0.15) is 0 Å². The zero-order valence-corrected chi connectivity index (χ0v) is 12.5. The zero-order valence-electron chi connectivity index (χ0n) is 9.30. The number of carbonyl (C=O) groups excluding carboxylic acids is 1. The van der Waals surface area contributed by atoms with E-state index in [0.717, 1.165) is 19.5 Å². The van der Waals surface area contributed by atoms with Crippen molar-refractivity contribution in [3.05, 3.63) is 33.0 Å². The Morgan fingerprint density at radius 2 is 2.28 bits per heavy atom. The van der Waals surface area contributed by atoms with Gasteiger partial charge in [0.15, 0.2) is 0 Å². The molecule has 100 valence electrons. The number of halogens is 4. The smallest absolute Gasteiger partial charge is 0.254 e. The molecule has 1 aliphatic heterocycles.